The van der Waals surface area contributed by atoms with Gasteiger partial charge in [0.05, 0.1) is 6.07 Å². The van der Waals surface area contributed by atoms with Gasteiger partial charge in [0.15, 0.2) is 5.82 Å². The maximum absolute atomic E-state index is 8.52. The van der Waals surface area contributed by atoms with Crippen LogP contribution >= 0.6 is 0 Å². The van der Waals surface area contributed by atoms with Crippen molar-refractivity contribution in [1.29, 1.82) is 5.26 Å². The molecule has 0 aliphatic rings. The molecule has 0 atom stereocenters. The molecule has 0 saturated heterocycles. The lowest BCUT2D eigenvalue weighted by Gasteiger charge is -2.09. The van der Waals surface area contributed by atoms with E-state index in [1.807, 2.05) is 18.2 Å². The number of nitrogens with one attached hydrogen (secondary N) is 1. The van der Waals surface area contributed by atoms with Gasteiger partial charge in [0, 0.05) is 42.7 Å². The second kappa shape index (κ2) is 7.95. The molecule has 21 heavy (non-hydrogen) atoms. The number of unbranched alkanes of at least 4 members (excludes halogenated alkanes) is 2. The molecule has 108 valence electrons. The van der Waals surface area contributed by atoms with Crippen molar-refractivity contribution < 1.29 is 0 Å². The molecule has 0 aliphatic carbocycles. The van der Waals surface area contributed by atoms with Crippen molar-refractivity contribution in [2.24, 2.45) is 0 Å². The monoisotopic (exact) mass is 281 g/mol. The lowest BCUT2D eigenvalue weighted by molar-refractivity contribution is 0.782. The number of rotatable bonds is 7. The lowest BCUT2D eigenvalue weighted by atomic mass is 10.2. The van der Waals surface area contributed by atoms with E-state index >= 15 is 0 Å². The molecule has 0 aliphatic heterocycles. The number of nitrogens with zero attached hydrogens (tertiary/aromatic N) is 4. The van der Waals surface area contributed by atoms with E-state index in [0.717, 1.165) is 48.7 Å². The summed E-state index contributed by atoms with van der Waals surface area (Å²) < 4.78 is 0. The smallest absolute Gasteiger partial charge is 0.161 e. The van der Waals surface area contributed by atoms with Crippen molar-refractivity contribution in [2.45, 2.75) is 32.6 Å². The van der Waals surface area contributed by atoms with Crippen molar-refractivity contribution in [2.75, 3.05) is 11.9 Å². The zero-order valence-electron chi connectivity index (χ0n) is 12.2. The first-order valence-corrected chi connectivity index (χ1v) is 7.22. The first kappa shape index (κ1) is 14.9. The Morgan fingerprint density at radius 1 is 1.19 bits per heavy atom. The molecule has 2 rings (SSSR count). The van der Waals surface area contributed by atoms with Crippen LogP contribution in [0.1, 0.15) is 31.9 Å². The number of anilines is 1. The molecule has 0 saturated carbocycles. The van der Waals surface area contributed by atoms with Crippen LogP contribution in [0.4, 0.5) is 5.82 Å². The van der Waals surface area contributed by atoms with Crippen LogP contribution in [0.5, 0.6) is 0 Å². The van der Waals surface area contributed by atoms with Gasteiger partial charge in [-0.25, -0.2) is 9.97 Å². The Hall–Kier alpha value is -2.48. The van der Waals surface area contributed by atoms with Crippen LogP contribution < -0.4 is 5.32 Å². The minimum absolute atomic E-state index is 0.605. The van der Waals surface area contributed by atoms with Crippen LogP contribution in [0.2, 0.25) is 0 Å². The largest absolute Gasteiger partial charge is 0.370 e. The molecular formula is C16H19N5. The van der Waals surface area contributed by atoms with Gasteiger partial charge in [0.25, 0.3) is 0 Å². The molecule has 1 N–H and O–H groups in total. The second-order valence-corrected chi connectivity index (χ2v) is 4.70. The highest BCUT2D eigenvalue weighted by molar-refractivity contribution is 5.56. The predicted octanol–water partition coefficient (Wildman–Crippen LogP) is 3.21. The molecule has 0 amide bonds. The van der Waals surface area contributed by atoms with Gasteiger partial charge in [-0.3, -0.25) is 4.98 Å². The molecule has 2 aromatic heterocycles. The molecule has 0 unspecified atom stereocenters. The van der Waals surface area contributed by atoms with Crippen LogP contribution in [-0.4, -0.2) is 21.5 Å². The summed E-state index contributed by atoms with van der Waals surface area (Å²) in [5.74, 6) is 1.56. The van der Waals surface area contributed by atoms with E-state index in [2.05, 4.69) is 33.3 Å². The Bertz CT molecular complexity index is 604. The minimum atomic E-state index is 0.605. The molecule has 5 nitrogen and oxygen atoms in total. The second-order valence-electron chi connectivity index (χ2n) is 4.70. The third-order valence-corrected chi connectivity index (χ3v) is 3.10. The third kappa shape index (κ3) is 4.53. The van der Waals surface area contributed by atoms with Crippen LogP contribution in [-0.2, 0) is 6.42 Å². The number of aryl methyl sites for hydroxylation is 1. The Balaban J connectivity index is 2.09. The number of hydrogen-bond acceptors (Lipinski definition) is 5. The van der Waals surface area contributed by atoms with Crippen LogP contribution in [0, 0.1) is 11.3 Å². The fraction of sp³-hybridized carbons (Fsp3) is 0.375. The molecule has 2 aromatic rings. The standard InChI is InChI=1S/C16H19N5/c1-2-14-12-15(19-9-5-3-4-8-17)21-16(20-14)13-6-10-18-11-7-13/h6-7,10-12H,2-5,9H2,1H3,(H,19,20,21). The van der Waals surface area contributed by atoms with Gasteiger partial charge in [-0.15, -0.1) is 0 Å². The SMILES string of the molecule is CCc1cc(NCCCCC#N)nc(-c2ccncc2)n1. The quantitative estimate of drug-likeness (QED) is 0.789. The Kier molecular flexibility index (Phi) is 5.65. The fourth-order valence-corrected chi connectivity index (χ4v) is 1.94. The van der Waals surface area contributed by atoms with E-state index in [0.29, 0.717) is 6.42 Å². The van der Waals surface area contributed by atoms with Crippen LogP contribution in [0.25, 0.3) is 11.4 Å². The zero-order chi connectivity index (χ0) is 14.9. The van der Waals surface area contributed by atoms with Crippen molar-refractivity contribution >= 4 is 5.82 Å². The average Bonchev–Trinajstić information content (AvgIpc) is 2.55. The summed E-state index contributed by atoms with van der Waals surface area (Å²) in [5.41, 5.74) is 1.98. The first-order valence-electron chi connectivity index (χ1n) is 7.22. The van der Waals surface area contributed by atoms with E-state index in [1.165, 1.54) is 0 Å². The normalized spacial score (nSPS) is 10.1. The third-order valence-electron chi connectivity index (χ3n) is 3.10. The molecular weight excluding hydrogens is 262 g/mol. The van der Waals surface area contributed by atoms with Crippen LogP contribution in [0.15, 0.2) is 30.6 Å². The predicted molar refractivity (Wildman–Crippen MR) is 82.6 cm³/mol. The summed E-state index contributed by atoms with van der Waals surface area (Å²) in [4.78, 5) is 13.1. The summed E-state index contributed by atoms with van der Waals surface area (Å²) >= 11 is 0. The van der Waals surface area contributed by atoms with E-state index < -0.39 is 0 Å². The van der Waals surface area contributed by atoms with Gasteiger partial charge >= 0.3 is 0 Å². The maximum Gasteiger partial charge on any atom is 0.161 e. The topological polar surface area (TPSA) is 74.5 Å². The number of aromatic nitrogens is 3. The number of pyridine rings is 1. The molecule has 2 heterocycles. The van der Waals surface area contributed by atoms with Gasteiger partial charge in [0.1, 0.15) is 5.82 Å². The fourth-order valence-electron chi connectivity index (χ4n) is 1.94. The summed E-state index contributed by atoms with van der Waals surface area (Å²) in [6.07, 6.45) is 6.83. The molecule has 5 heteroatoms. The van der Waals surface area contributed by atoms with Crippen LogP contribution in [0.3, 0.4) is 0 Å². The molecule has 0 bridgehead atoms. The Morgan fingerprint density at radius 3 is 2.71 bits per heavy atom. The summed E-state index contributed by atoms with van der Waals surface area (Å²) in [7, 11) is 0. The highest BCUT2D eigenvalue weighted by atomic mass is 15.0. The summed E-state index contributed by atoms with van der Waals surface area (Å²) in [5, 5.41) is 11.8. The summed E-state index contributed by atoms with van der Waals surface area (Å²) in [6, 6.07) is 7.95. The van der Waals surface area contributed by atoms with Gasteiger partial charge in [-0.05, 0) is 31.4 Å². The molecule has 0 aromatic carbocycles. The van der Waals surface area contributed by atoms with Crippen molar-refractivity contribution in [1.82, 2.24) is 15.0 Å². The molecule has 0 radical (unpaired) electrons. The van der Waals surface area contributed by atoms with Crippen molar-refractivity contribution in [3.05, 3.63) is 36.3 Å². The maximum atomic E-state index is 8.52. The number of nitriles is 1. The average molecular weight is 281 g/mol. The van der Waals surface area contributed by atoms with Gasteiger partial charge < -0.3 is 5.32 Å². The minimum Gasteiger partial charge on any atom is -0.370 e. The molecule has 0 spiro atoms. The number of hydrogen-bond donors (Lipinski definition) is 1. The Morgan fingerprint density at radius 2 is 2.00 bits per heavy atom. The van der Waals surface area contributed by atoms with E-state index in [1.54, 1.807) is 12.4 Å². The van der Waals surface area contributed by atoms with Crippen molar-refractivity contribution in [3.8, 4) is 17.5 Å². The lowest BCUT2D eigenvalue weighted by Crippen LogP contribution is -2.06. The van der Waals surface area contributed by atoms with Crippen molar-refractivity contribution in [3.63, 3.8) is 0 Å². The molecule has 0 fully saturated rings. The first-order chi connectivity index (χ1) is 10.3. The van der Waals surface area contributed by atoms with E-state index in [-0.39, 0.29) is 0 Å². The zero-order valence-corrected chi connectivity index (χ0v) is 12.2. The highest BCUT2D eigenvalue weighted by Crippen LogP contribution is 2.17. The van der Waals surface area contributed by atoms with Gasteiger partial charge in [0.2, 0.25) is 0 Å². The Labute approximate surface area is 125 Å². The highest BCUT2D eigenvalue weighted by Gasteiger charge is 2.05. The van der Waals surface area contributed by atoms with Gasteiger partial charge in [-0.2, -0.15) is 5.26 Å². The van der Waals surface area contributed by atoms with E-state index in [9.17, 15) is 0 Å². The van der Waals surface area contributed by atoms with Gasteiger partial charge in [-0.1, -0.05) is 6.92 Å². The van der Waals surface area contributed by atoms with E-state index in [4.69, 9.17) is 5.26 Å². The summed E-state index contributed by atoms with van der Waals surface area (Å²) in [6.45, 7) is 2.90.